The van der Waals surface area contributed by atoms with Crippen LogP contribution in [0.25, 0.3) is 0 Å². The molecule has 0 saturated heterocycles. The van der Waals surface area contributed by atoms with Crippen LogP contribution in [0.5, 0.6) is 0 Å². The molecule has 0 bridgehead atoms. The van der Waals surface area contributed by atoms with Gasteiger partial charge in [0.1, 0.15) is 0 Å². The highest BCUT2D eigenvalue weighted by molar-refractivity contribution is 7.09. The van der Waals surface area contributed by atoms with Crippen LogP contribution < -0.4 is 5.32 Å². The van der Waals surface area contributed by atoms with Crippen molar-refractivity contribution in [2.45, 2.75) is 64.5 Å². The minimum absolute atomic E-state index is 0.184. The van der Waals surface area contributed by atoms with E-state index in [1.54, 1.807) is 11.3 Å². The monoisotopic (exact) mass is 238 g/mol. The molecule has 0 aromatic carbocycles. The molecular formula is C13H22N2S. The van der Waals surface area contributed by atoms with E-state index in [1.807, 2.05) is 0 Å². The lowest BCUT2D eigenvalue weighted by molar-refractivity contribution is 0.206. The predicted octanol–water partition coefficient (Wildman–Crippen LogP) is 3.47. The second-order valence-electron chi connectivity index (χ2n) is 6.16. The molecule has 0 aliphatic heterocycles. The van der Waals surface area contributed by atoms with Gasteiger partial charge >= 0.3 is 0 Å². The van der Waals surface area contributed by atoms with Crippen LogP contribution in [0.4, 0.5) is 0 Å². The van der Waals surface area contributed by atoms with E-state index >= 15 is 0 Å². The Kier molecular flexibility index (Phi) is 3.10. The number of thiazole rings is 1. The van der Waals surface area contributed by atoms with Crippen molar-refractivity contribution in [1.29, 1.82) is 0 Å². The number of aromatic nitrogens is 1. The second-order valence-corrected chi connectivity index (χ2v) is 7.02. The molecule has 1 aromatic rings. The van der Waals surface area contributed by atoms with E-state index in [0.29, 0.717) is 5.54 Å². The first-order valence-electron chi connectivity index (χ1n) is 6.09. The topological polar surface area (TPSA) is 24.9 Å². The molecule has 1 fully saturated rings. The molecule has 0 unspecified atom stereocenters. The zero-order valence-electron chi connectivity index (χ0n) is 10.8. The molecule has 1 aliphatic rings. The smallest absolute Gasteiger partial charge is 0.0982 e. The number of hydrogen-bond acceptors (Lipinski definition) is 3. The van der Waals surface area contributed by atoms with Crippen molar-refractivity contribution < 1.29 is 0 Å². The van der Waals surface area contributed by atoms with Crippen LogP contribution >= 0.6 is 11.3 Å². The van der Waals surface area contributed by atoms with E-state index in [-0.39, 0.29) is 5.41 Å². The van der Waals surface area contributed by atoms with Crippen molar-refractivity contribution in [2.75, 3.05) is 0 Å². The van der Waals surface area contributed by atoms with Gasteiger partial charge in [-0.3, -0.25) is 0 Å². The van der Waals surface area contributed by atoms with E-state index in [0.717, 1.165) is 6.54 Å². The molecule has 0 amide bonds. The third-order valence-corrected chi connectivity index (χ3v) is 4.66. The highest BCUT2D eigenvalue weighted by Crippen LogP contribution is 2.31. The van der Waals surface area contributed by atoms with Crippen molar-refractivity contribution in [2.24, 2.45) is 0 Å². The van der Waals surface area contributed by atoms with Gasteiger partial charge in [-0.05, 0) is 26.2 Å². The van der Waals surface area contributed by atoms with Gasteiger partial charge < -0.3 is 5.32 Å². The molecule has 16 heavy (non-hydrogen) atoms. The normalized spacial score (nSPS) is 19.5. The SMILES string of the molecule is CC1(NCc2csc(C(C)(C)C)n2)CCC1. The maximum Gasteiger partial charge on any atom is 0.0982 e. The second kappa shape index (κ2) is 4.11. The predicted molar refractivity (Wildman–Crippen MR) is 69.9 cm³/mol. The molecule has 1 saturated carbocycles. The molecule has 3 heteroatoms. The van der Waals surface area contributed by atoms with Crippen LogP contribution in [0.15, 0.2) is 5.38 Å². The van der Waals surface area contributed by atoms with Gasteiger partial charge in [0, 0.05) is 22.9 Å². The Morgan fingerprint density at radius 1 is 1.44 bits per heavy atom. The average molecular weight is 238 g/mol. The van der Waals surface area contributed by atoms with Crippen LogP contribution in [-0.4, -0.2) is 10.5 Å². The highest BCUT2D eigenvalue weighted by Gasteiger charge is 2.31. The Labute approximate surface area is 102 Å². The van der Waals surface area contributed by atoms with E-state index in [4.69, 9.17) is 4.98 Å². The maximum atomic E-state index is 4.70. The lowest BCUT2D eigenvalue weighted by Crippen LogP contribution is -2.47. The zero-order valence-corrected chi connectivity index (χ0v) is 11.6. The average Bonchev–Trinajstić information content (AvgIpc) is 2.59. The summed E-state index contributed by atoms with van der Waals surface area (Å²) >= 11 is 1.78. The summed E-state index contributed by atoms with van der Waals surface area (Å²) in [7, 11) is 0. The van der Waals surface area contributed by atoms with Crippen molar-refractivity contribution >= 4 is 11.3 Å². The van der Waals surface area contributed by atoms with Crippen LogP contribution in [-0.2, 0) is 12.0 Å². The molecule has 90 valence electrons. The molecule has 0 spiro atoms. The van der Waals surface area contributed by atoms with Gasteiger partial charge in [-0.15, -0.1) is 11.3 Å². The lowest BCUT2D eigenvalue weighted by Gasteiger charge is -2.39. The zero-order chi connectivity index (χ0) is 11.8. The Hall–Kier alpha value is -0.410. The number of nitrogens with one attached hydrogen (secondary N) is 1. The summed E-state index contributed by atoms with van der Waals surface area (Å²) in [6.45, 7) is 9.89. The van der Waals surface area contributed by atoms with Gasteiger partial charge in [0.25, 0.3) is 0 Å². The maximum absolute atomic E-state index is 4.70. The molecule has 1 N–H and O–H groups in total. The van der Waals surface area contributed by atoms with E-state index in [9.17, 15) is 0 Å². The first-order valence-corrected chi connectivity index (χ1v) is 6.97. The lowest BCUT2D eigenvalue weighted by atomic mass is 9.78. The summed E-state index contributed by atoms with van der Waals surface area (Å²) in [5.41, 5.74) is 1.76. The summed E-state index contributed by atoms with van der Waals surface area (Å²) in [6, 6.07) is 0. The third-order valence-electron chi connectivity index (χ3n) is 3.35. The van der Waals surface area contributed by atoms with Gasteiger partial charge in [0.15, 0.2) is 0 Å². The first kappa shape index (κ1) is 12.1. The standard InChI is InChI=1S/C13H22N2S/c1-12(2,3)11-15-10(9-16-11)8-14-13(4)6-5-7-13/h9,14H,5-8H2,1-4H3. The van der Waals surface area contributed by atoms with E-state index in [1.165, 1.54) is 30.0 Å². The van der Waals surface area contributed by atoms with Crippen LogP contribution in [0.1, 0.15) is 57.7 Å². The molecule has 1 heterocycles. The summed E-state index contributed by atoms with van der Waals surface area (Å²) in [4.78, 5) is 4.70. The van der Waals surface area contributed by atoms with Crippen LogP contribution in [0.3, 0.4) is 0 Å². The first-order chi connectivity index (χ1) is 7.39. The Morgan fingerprint density at radius 3 is 2.56 bits per heavy atom. The quantitative estimate of drug-likeness (QED) is 0.872. The largest absolute Gasteiger partial charge is 0.306 e. The van der Waals surface area contributed by atoms with Crippen molar-refractivity contribution in [1.82, 2.24) is 10.3 Å². The number of hydrogen-bond donors (Lipinski definition) is 1. The molecule has 2 nitrogen and oxygen atoms in total. The molecule has 2 rings (SSSR count). The molecule has 1 aliphatic carbocycles. The summed E-state index contributed by atoms with van der Waals surface area (Å²) < 4.78 is 0. The van der Waals surface area contributed by atoms with E-state index < -0.39 is 0 Å². The molecular weight excluding hydrogens is 216 g/mol. The summed E-state index contributed by atoms with van der Waals surface area (Å²) in [5.74, 6) is 0. The van der Waals surface area contributed by atoms with E-state index in [2.05, 4.69) is 38.4 Å². The van der Waals surface area contributed by atoms with Crippen molar-refractivity contribution in [3.05, 3.63) is 16.1 Å². The third kappa shape index (κ3) is 2.64. The van der Waals surface area contributed by atoms with Gasteiger partial charge in [-0.1, -0.05) is 20.8 Å². The van der Waals surface area contributed by atoms with Gasteiger partial charge in [0.05, 0.1) is 10.7 Å². The molecule has 0 atom stereocenters. The number of nitrogens with zero attached hydrogens (tertiary/aromatic N) is 1. The summed E-state index contributed by atoms with van der Waals surface area (Å²) in [6.07, 6.45) is 3.99. The highest BCUT2D eigenvalue weighted by atomic mass is 32.1. The number of rotatable bonds is 3. The summed E-state index contributed by atoms with van der Waals surface area (Å²) in [5, 5.41) is 7.05. The van der Waals surface area contributed by atoms with Gasteiger partial charge in [-0.25, -0.2) is 4.98 Å². The fourth-order valence-corrected chi connectivity index (χ4v) is 2.83. The Morgan fingerprint density at radius 2 is 2.12 bits per heavy atom. The van der Waals surface area contributed by atoms with Gasteiger partial charge in [-0.2, -0.15) is 0 Å². The molecule has 0 radical (unpaired) electrons. The van der Waals surface area contributed by atoms with Crippen molar-refractivity contribution in [3.8, 4) is 0 Å². The van der Waals surface area contributed by atoms with Crippen LogP contribution in [0, 0.1) is 0 Å². The molecule has 1 aromatic heterocycles. The Bertz CT molecular complexity index is 358. The fourth-order valence-electron chi connectivity index (χ4n) is 1.92. The van der Waals surface area contributed by atoms with Crippen molar-refractivity contribution in [3.63, 3.8) is 0 Å². The fraction of sp³-hybridized carbons (Fsp3) is 0.769. The minimum Gasteiger partial charge on any atom is -0.306 e. The van der Waals surface area contributed by atoms with Crippen LogP contribution in [0.2, 0.25) is 0 Å². The van der Waals surface area contributed by atoms with Gasteiger partial charge in [0.2, 0.25) is 0 Å². The Balaban J connectivity index is 1.93. The minimum atomic E-state index is 0.184.